The van der Waals surface area contributed by atoms with Crippen LogP contribution in [0.3, 0.4) is 0 Å². The van der Waals surface area contributed by atoms with Crippen LogP contribution in [0.25, 0.3) is 0 Å². The molecule has 6 nitrogen and oxygen atoms in total. The lowest BCUT2D eigenvalue weighted by Crippen LogP contribution is -2.54. The number of likely N-dealkylation sites (tertiary alicyclic amines) is 1. The summed E-state index contributed by atoms with van der Waals surface area (Å²) in [7, 11) is 0. The quantitative estimate of drug-likeness (QED) is 0.750. The van der Waals surface area contributed by atoms with Crippen molar-refractivity contribution in [1.29, 1.82) is 0 Å². The van der Waals surface area contributed by atoms with E-state index in [4.69, 9.17) is 16.3 Å². The van der Waals surface area contributed by atoms with Gasteiger partial charge >= 0.3 is 5.97 Å². The van der Waals surface area contributed by atoms with Gasteiger partial charge in [0.2, 0.25) is 5.91 Å². The van der Waals surface area contributed by atoms with E-state index < -0.39 is 11.9 Å². The highest BCUT2D eigenvalue weighted by Gasteiger charge is 2.40. The lowest BCUT2D eigenvalue weighted by atomic mass is 9.85. The molecule has 2 aliphatic heterocycles. The second kappa shape index (κ2) is 9.72. The van der Waals surface area contributed by atoms with Crippen molar-refractivity contribution in [3.05, 3.63) is 34.9 Å². The smallest absolute Gasteiger partial charge is 0.304 e. The topological polar surface area (TPSA) is 70.1 Å². The van der Waals surface area contributed by atoms with Crippen molar-refractivity contribution in [2.45, 2.75) is 44.7 Å². The molecule has 1 aromatic carbocycles. The van der Waals surface area contributed by atoms with Crippen LogP contribution >= 0.6 is 11.6 Å². The summed E-state index contributed by atoms with van der Waals surface area (Å²) >= 11 is 6.05. The number of rotatable bonds is 7. The number of amides is 1. The number of carbonyl (C=O) groups excluding carboxylic acids is 1. The van der Waals surface area contributed by atoms with E-state index in [1.54, 1.807) is 0 Å². The maximum atomic E-state index is 13.3. The zero-order valence-corrected chi connectivity index (χ0v) is 17.1. The number of morpholine rings is 1. The summed E-state index contributed by atoms with van der Waals surface area (Å²) in [5.41, 5.74) is 1.06. The van der Waals surface area contributed by atoms with Gasteiger partial charge in [0.1, 0.15) is 0 Å². The highest BCUT2D eigenvalue weighted by atomic mass is 35.5. The number of hydrogen-bond acceptors (Lipinski definition) is 4. The van der Waals surface area contributed by atoms with Crippen LogP contribution in [0, 0.1) is 5.92 Å². The third-order valence-corrected chi connectivity index (χ3v) is 6.09. The molecule has 0 radical (unpaired) electrons. The molecule has 28 heavy (non-hydrogen) atoms. The minimum atomic E-state index is -0.913. The van der Waals surface area contributed by atoms with E-state index in [1.807, 2.05) is 29.2 Å². The van der Waals surface area contributed by atoms with Crippen molar-refractivity contribution >= 4 is 23.5 Å². The van der Waals surface area contributed by atoms with Gasteiger partial charge in [-0.3, -0.25) is 14.5 Å². The molecular formula is C21H29ClN2O4. The molecule has 3 unspecified atom stereocenters. The number of benzene rings is 1. The number of aliphatic carboxylic acids is 1. The van der Waals surface area contributed by atoms with E-state index >= 15 is 0 Å². The highest BCUT2D eigenvalue weighted by molar-refractivity contribution is 6.30. The van der Waals surface area contributed by atoms with Crippen LogP contribution in [-0.4, -0.2) is 65.7 Å². The zero-order chi connectivity index (χ0) is 20.1. The normalized spacial score (nSPS) is 24.9. The number of piperidine rings is 1. The molecule has 2 aliphatic rings. The lowest BCUT2D eigenvalue weighted by molar-refractivity contribution is -0.152. The molecule has 1 aromatic rings. The van der Waals surface area contributed by atoms with E-state index in [1.165, 1.54) is 0 Å². The summed E-state index contributed by atoms with van der Waals surface area (Å²) in [5, 5.41) is 9.90. The van der Waals surface area contributed by atoms with Crippen molar-refractivity contribution in [3.63, 3.8) is 0 Å². The minimum Gasteiger partial charge on any atom is -0.481 e. The maximum absolute atomic E-state index is 13.3. The predicted octanol–water partition coefficient (Wildman–Crippen LogP) is 3.21. The summed E-state index contributed by atoms with van der Waals surface area (Å²) < 4.78 is 5.44. The number of carbonyl (C=O) groups is 2. The number of ether oxygens (including phenoxy) is 1. The van der Waals surface area contributed by atoms with Gasteiger partial charge in [-0.1, -0.05) is 30.7 Å². The Labute approximate surface area is 171 Å². The van der Waals surface area contributed by atoms with Gasteiger partial charge in [-0.05, 0) is 37.0 Å². The average Bonchev–Trinajstić information content (AvgIpc) is 2.69. The fourth-order valence-electron chi connectivity index (χ4n) is 4.33. The van der Waals surface area contributed by atoms with Crippen LogP contribution in [0.15, 0.2) is 24.3 Å². The largest absolute Gasteiger partial charge is 0.481 e. The predicted molar refractivity (Wildman–Crippen MR) is 107 cm³/mol. The number of hydrogen-bond donors (Lipinski definition) is 1. The van der Waals surface area contributed by atoms with Crippen molar-refractivity contribution in [2.75, 3.05) is 32.8 Å². The van der Waals surface area contributed by atoms with E-state index in [0.29, 0.717) is 24.7 Å². The molecule has 154 valence electrons. The Kier molecular flexibility index (Phi) is 7.32. The number of carboxylic acid groups (broad SMARTS) is 1. The molecule has 0 aliphatic carbocycles. The SMILES string of the molecule is CCC(CN1CCOCC1)N1C(=O)C(CC(=O)O)CCC1c1ccc(Cl)cc1. The van der Waals surface area contributed by atoms with Gasteiger partial charge in [0, 0.05) is 36.6 Å². The Balaban J connectivity index is 1.85. The molecule has 0 saturated carbocycles. The molecule has 0 aromatic heterocycles. The Morgan fingerprint density at radius 1 is 1.25 bits per heavy atom. The van der Waals surface area contributed by atoms with Crippen LogP contribution in [0.5, 0.6) is 0 Å². The zero-order valence-electron chi connectivity index (χ0n) is 16.3. The molecule has 2 fully saturated rings. The first-order valence-corrected chi connectivity index (χ1v) is 10.5. The third-order valence-electron chi connectivity index (χ3n) is 5.84. The molecule has 3 atom stereocenters. The molecule has 1 N–H and O–H groups in total. The van der Waals surface area contributed by atoms with Crippen LogP contribution in [0.1, 0.15) is 44.2 Å². The van der Waals surface area contributed by atoms with Gasteiger partial charge in [-0.25, -0.2) is 0 Å². The first-order chi connectivity index (χ1) is 13.5. The molecule has 7 heteroatoms. The van der Waals surface area contributed by atoms with Gasteiger partial charge in [-0.15, -0.1) is 0 Å². The van der Waals surface area contributed by atoms with Gasteiger partial charge in [0.05, 0.1) is 25.7 Å². The monoisotopic (exact) mass is 408 g/mol. The number of nitrogens with zero attached hydrogens (tertiary/aromatic N) is 2. The molecule has 0 bridgehead atoms. The van der Waals surface area contributed by atoms with E-state index in [-0.39, 0.29) is 24.4 Å². The number of carboxylic acids is 1. The van der Waals surface area contributed by atoms with Gasteiger partial charge in [-0.2, -0.15) is 0 Å². The first kappa shape index (κ1) is 21.1. The van der Waals surface area contributed by atoms with E-state index in [2.05, 4.69) is 11.8 Å². The van der Waals surface area contributed by atoms with Gasteiger partial charge in [0.15, 0.2) is 0 Å². The van der Waals surface area contributed by atoms with Crippen molar-refractivity contribution in [1.82, 2.24) is 9.80 Å². The summed E-state index contributed by atoms with van der Waals surface area (Å²) in [5.74, 6) is -1.39. The fourth-order valence-corrected chi connectivity index (χ4v) is 4.45. The molecule has 0 spiro atoms. The Hall–Kier alpha value is -1.63. The Bertz CT molecular complexity index is 675. The molecule has 2 saturated heterocycles. The fraction of sp³-hybridized carbons (Fsp3) is 0.619. The summed E-state index contributed by atoms with van der Waals surface area (Å²) in [6.45, 7) is 6.04. The summed E-state index contributed by atoms with van der Waals surface area (Å²) in [6, 6.07) is 7.67. The maximum Gasteiger partial charge on any atom is 0.304 e. The average molecular weight is 409 g/mol. The lowest BCUT2D eigenvalue weighted by Gasteiger charge is -2.45. The second-order valence-corrected chi connectivity index (χ2v) is 8.10. The molecule has 1 amide bonds. The summed E-state index contributed by atoms with van der Waals surface area (Å²) in [4.78, 5) is 28.9. The minimum absolute atomic E-state index is 0.0336. The van der Waals surface area contributed by atoms with Crippen molar-refractivity contribution in [2.24, 2.45) is 5.92 Å². The van der Waals surface area contributed by atoms with Crippen LogP contribution in [-0.2, 0) is 14.3 Å². The van der Waals surface area contributed by atoms with Crippen LogP contribution in [0.4, 0.5) is 0 Å². The van der Waals surface area contributed by atoms with Gasteiger partial charge in [0.25, 0.3) is 0 Å². The summed E-state index contributed by atoms with van der Waals surface area (Å²) in [6.07, 6.45) is 2.09. The third kappa shape index (κ3) is 5.04. The first-order valence-electron chi connectivity index (χ1n) is 10.1. The van der Waals surface area contributed by atoms with Crippen LogP contribution < -0.4 is 0 Å². The Morgan fingerprint density at radius 3 is 2.54 bits per heavy atom. The molecule has 3 rings (SSSR count). The standard InChI is InChI=1S/C21H29ClN2O4/c1-2-18(14-23-9-11-28-12-10-23)24-19(15-3-6-17(22)7-4-15)8-5-16(21(24)27)13-20(25)26/h3-4,6-7,16,18-19H,2,5,8-14H2,1H3,(H,25,26). The van der Waals surface area contributed by atoms with Crippen molar-refractivity contribution in [3.8, 4) is 0 Å². The molecular weight excluding hydrogens is 380 g/mol. The van der Waals surface area contributed by atoms with Crippen molar-refractivity contribution < 1.29 is 19.4 Å². The van der Waals surface area contributed by atoms with E-state index in [9.17, 15) is 14.7 Å². The van der Waals surface area contributed by atoms with Crippen LogP contribution in [0.2, 0.25) is 5.02 Å². The Morgan fingerprint density at radius 2 is 1.93 bits per heavy atom. The number of halogens is 1. The second-order valence-electron chi connectivity index (χ2n) is 7.66. The van der Waals surface area contributed by atoms with E-state index in [0.717, 1.165) is 38.0 Å². The van der Waals surface area contributed by atoms with Gasteiger partial charge < -0.3 is 14.7 Å². The highest BCUT2D eigenvalue weighted by Crippen LogP contribution is 2.38. The molecule has 2 heterocycles.